The molecule has 2 aliphatic heterocycles. The number of pyridine rings is 1. The van der Waals surface area contributed by atoms with E-state index in [1.54, 1.807) is 30.3 Å². The molecule has 0 saturated carbocycles. The lowest BCUT2D eigenvalue weighted by atomic mass is 9.98. The molecule has 3 aromatic rings. The van der Waals surface area contributed by atoms with Gasteiger partial charge in [-0.15, -0.1) is 0 Å². The van der Waals surface area contributed by atoms with Crippen LogP contribution in [0.4, 0.5) is 0 Å². The van der Waals surface area contributed by atoms with Crippen LogP contribution in [-0.2, 0) is 40.5 Å². The summed E-state index contributed by atoms with van der Waals surface area (Å²) in [6.07, 6.45) is 0.504. The highest BCUT2D eigenvalue weighted by atomic mass is 32.2. The van der Waals surface area contributed by atoms with Crippen molar-refractivity contribution in [3.05, 3.63) is 82.7 Å². The quantitative estimate of drug-likeness (QED) is 0.294. The maximum absolute atomic E-state index is 13.5. The summed E-state index contributed by atoms with van der Waals surface area (Å²) < 4.78 is 53.9. The lowest BCUT2D eigenvalue weighted by molar-refractivity contribution is 0.0945. The number of sulfonamides is 1. The van der Waals surface area contributed by atoms with Crippen molar-refractivity contribution >= 4 is 26.9 Å². The van der Waals surface area contributed by atoms with Crippen LogP contribution < -0.4 is 19.5 Å². The van der Waals surface area contributed by atoms with Crippen LogP contribution in [0.15, 0.2) is 59.5 Å². The summed E-state index contributed by atoms with van der Waals surface area (Å²) in [7, 11) is -5.17. The minimum atomic E-state index is -3.76. The predicted octanol–water partition coefficient (Wildman–Crippen LogP) is 2.96. The third-order valence-corrected chi connectivity index (χ3v) is 10.5. The largest absolute Gasteiger partial charge is 0.454 e. The standard InChI is InChI=1S/C30H36N4O7S2/c1-30(2,3)42(37)34-18-21-16-24(29(36)31-17-20-9-10-26-27(15-20)41-19-40-26)33-23(28(21)25(34)12-14-35)11-13-32-43(38,39)22-7-5-4-6-8-22/h4-10,15-16,25,32,35H,11-14,17-19H2,1-3H3,(H,31,36)/t25-,42-/m1/s1. The smallest absolute Gasteiger partial charge is 0.270 e. The molecule has 1 aromatic heterocycles. The van der Waals surface area contributed by atoms with Gasteiger partial charge in [0.1, 0.15) is 16.7 Å². The van der Waals surface area contributed by atoms with Gasteiger partial charge in [-0.25, -0.2) is 26.6 Å². The molecular formula is C30H36N4O7S2. The maximum atomic E-state index is 13.5. The summed E-state index contributed by atoms with van der Waals surface area (Å²) >= 11 is 0. The molecule has 2 aromatic carbocycles. The van der Waals surface area contributed by atoms with Crippen LogP contribution in [0, 0.1) is 0 Å². The molecule has 0 fully saturated rings. The lowest BCUT2D eigenvalue weighted by Crippen LogP contribution is -2.37. The van der Waals surface area contributed by atoms with Gasteiger partial charge in [-0.1, -0.05) is 24.3 Å². The first kappa shape index (κ1) is 31.1. The number of carbonyl (C=O) groups is 1. The number of nitrogens with zero attached hydrogens (tertiary/aromatic N) is 2. The number of rotatable bonds is 11. The fourth-order valence-electron chi connectivity index (χ4n) is 5.18. The van der Waals surface area contributed by atoms with Crippen molar-refractivity contribution < 1.29 is 32.0 Å². The molecule has 0 radical (unpaired) electrons. The van der Waals surface area contributed by atoms with E-state index >= 15 is 0 Å². The molecular weight excluding hydrogens is 592 g/mol. The predicted molar refractivity (Wildman–Crippen MR) is 161 cm³/mol. The van der Waals surface area contributed by atoms with E-state index in [1.807, 2.05) is 37.2 Å². The number of hydrogen-bond donors (Lipinski definition) is 3. The van der Waals surface area contributed by atoms with E-state index in [4.69, 9.17) is 14.5 Å². The molecule has 3 N–H and O–H groups in total. The van der Waals surface area contributed by atoms with Crippen molar-refractivity contribution in [3.8, 4) is 11.5 Å². The summed E-state index contributed by atoms with van der Waals surface area (Å²) in [6, 6.07) is 14.8. The third kappa shape index (κ3) is 6.91. The van der Waals surface area contributed by atoms with Gasteiger partial charge in [-0.2, -0.15) is 0 Å². The Morgan fingerprint density at radius 1 is 1.12 bits per heavy atom. The van der Waals surface area contributed by atoms with E-state index in [-0.39, 0.29) is 43.5 Å². The Kier molecular flexibility index (Phi) is 9.18. The monoisotopic (exact) mass is 628 g/mol. The van der Waals surface area contributed by atoms with Crippen LogP contribution >= 0.6 is 0 Å². The number of fused-ring (bicyclic) bond motifs is 2. The zero-order valence-electron chi connectivity index (χ0n) is 24.3. The van der Waals surface area contributed by atoms with Crippen LogP contribution in [0.2, 0.25) is 0 Å². The highest BCUT2D eigenvalue weighted by Gasteiger charge is 2.40. The van der Waals surface area contributed by atoms with Gasteiger partial charge < -0.3 is 19.9 Å². The summed E-state index contributed by atoms with van der Waals surface area (Å²) in [6.45, 7) is 6.24. The highest BCUT2D eigenvalue weighted by molar-refractivity contribution is 7.89. The topological polar surface area (TPSA) is 147 Å². The summed E-state index contributed by atoms with van der Waals surface area (Å²) in [4.78, 5) is 18.2. The number of amides is 1. The molecule has 3 heterocycles. The number of nitrogens with one attached hydrogen (secondary N) is 2. The molecule has 0 saturated heterocycles. The average Bonchev–Trinajstić information content (AvgIpc) is 3.60. The number of ether oxygens (including phenoxy) is 2. The molecule has 5 rings (SSSR count). The highest BCUT2D eigenvalue weighted by Crippen LogP contribution is 2.41. The molecule has 43 heavy (non-hydrogen) atoms. The van der Waals surface area contributed by atoms with Crippen molar-refractivity contribution in [2.75, 3.05) is 19.9 Å². The summed E-state index contributed by atoms with van der Waals surface area (Å²) in [5, 5.41) is 12.8. The molecule has 1 amide bonds. The van der Waals surface area contributed by atoms with Crippen molar-refractivity contribution in [2.24, 2.45) is 0 Å². The van der Waals surface area contributed by atoms with Crippen molar-refractivity contribution in [1.29, 1.82) is 0 Å². The number of aliphatic hydroxyl groups is 1. The minimum Gasteiger partial charge on any atom is -0.454 e. The van der Waals surface area contributed by atoms with E-state index < -0.39 is 37.7 Å². The van der Waals surface area contributed by atoms with Crippen molar-refractivity contribution in [2.45, 2.75) is 62.4 Å². The van der Waals surface area contributed by atoms with Gasteiger partial charge >= 0.3 is 0 Å². The number of aliphatic hydroxyl groups excluding tert-OH is 1. The Hall–Kier alpha value is -3.36. The molecule has 13 heteroatoms. The Morgan fingerprint density at radius 3 is 2.58 bits per heavy atom. The van der Waals surface area contributed by atoms with Gasteiger partial charge in [0.15, 0.2) is 11.5 Å². The Morgan fingerprint density at radius 2 is 1.86 bits per heavy atom. The first-order valence-corrected chi connectivity index (χ1v) is 16.6. The van der Waals surface area contributed by atoms with Gasteiger partial charge in [0.05, 0.1) is 15.7 Å². The summed E-state index contributed by atoms with van der Waals surface area (Å²) in [5.74, 6) is 0.864. The van der Waals surface area contributed by atoms with Gasteiger partial charge in [-0.05, 0) is 74.2 Å². The molecule has 230 valence electrons. The molecule has 0 spiro atoms. The Balaban J connectivity index is 1.42. The zero-order chi connectivity index (χ0) is 30.8. The fourth-order valence-corrected chi connectivity index (χ4v) is 7.63. The second-order valence-corrected chi connectivity index (χ2v) is 15.3. The van der Waals surface area contributed by atoms with Gasteiger partial charge in [0, 0.05) is 38.4 Å². The van der Waals surface area contributed by atoms with Gasteiger partial charge in [0.2, 0.25) is 16.8 Å². The summed E-state index contributed by atoms with van der Waals surface area (Å²) in [5.41, 5.74) is 3.07. The van der Waals surface area contributed by atoms with Gasteiger partial charge in [-0.3, -0.25) is 4.79 Å². The number of aromatic nitrogens is 1. The van der Waals surface area contributed by atoms with Crippen LogP contribution in [-0.4, -0.2) is 57.6 Å². The van der Waals surface area contributed by atoms with Gasteiger partial charge in [0.25, 0.3) is 5.91 Å². The average molecular weight is 629 g/mol. The van der Waals surface area contributed by atoms with E-state index in [1.165, 1.54) is 12.1 Å². The fraction of sp³-hybridized carbons (Fsp3) is 0.400. The first-order valence-electron chi connectivity index (χ1n) is 14.0. The second-order valence-electron chi connectivity index (χ2n) is 11.3. The van der Waals surface area contributed by atoms with Crippen LogP contribution in [0.1, 0.15) is 66.1 Å². The zero-order valence-corrected chi connectivity index (χ0v) is 26.0. The van der Waals surface area contributed by atoms with Crippen LogP contribution in [0.3, 0.4) is 0 Å². The lowest BCUT2D eigenvalue weighted by Gasteiger charge is -2.30. The molecule has 2 atom stereocenters. The Bertz CT molecular complexity index is 1630. The van der Waals surface area contributed by atoms with E-state index in [0.717, 1.165) is 16.7 Å². The number of hydrogen-bond acceptors (Lipinski definition) is 8. The normalized spacial score (nSPS) is 17.1. The van der Waals surface area contributed by atoms with Crippen LogP contribution in [0.5, 0.6) is 11.5 Å². The number of carbonyl (C=O) groups excluding carboxylic acids is 1. The molecule has 0 unspecified atom stereocenters. The first-order chi connectivity index (χ1) is 20.5. The second kappa shape index (κ2) is 12.7. The third-order valence-electron chi connectivity index (χ3n) is 7.20. The van der Waals surface area contributed by atoms with Crippen LogP contribution in [0.25, 0.3) is 0 Å². The SMILES string of the molecule is CC(C)(C)[S@@](=O)N1Cc2cc(C(=O)NCc3ccc4c(c3)OCO4)nc(CCNS(=O)(=O)c3ccccc3)c2[C@H]1CCO. The minimum absolute atomic E-state index is 0.0349. The van der Waals surface area contributed by atoms with E-state index in [0.29, 0.717) is 30.2 Å². The van der Waals surface area contributed by atoms with Crippen molar-refractivity contribution in [3.63, 3.8) is 0 Å². The van der Waals surface area contributed by atoms with Crippen molar-refractivity contribution in [1.82, 2.24) is 19.3 Å². The molecule has 0 aliphatic carbocycles. The van der Waals surface area contributed by atoms with E-state index in [9.17, 15) is 22.5 Å². The Labute approximate surface area is 254 Å². The number of benzene rings is 2. The molecule has 11 nitrogen and oxygen atoms in total. The maximum Gasteiger partial charge on any atom is 0.270 e. The van der Waals surface area contributed by atoms with E-state index in [2.05, 4.69) is 10.0 Å². The molecule has 2 aliphatic rings. The molecule has 0 bridgehead atoms.